The molecule has 4 amide bonds. The van der Waals surface area contributed by atoms with Gasteiger partial charge in [0.1, 0.15) is 11.8 Å². The summed E-state index contributed by atoms with van der Waals surface area (Å²) in [4.78, 5) is 41.9. The van der Waals surface area contributed by atoms with Crippen LogP contribution in [0.2, 0.25) is 0 Å². The van der Waals surface area contributed by atoms with Crippen molar-refractivity contribution >= 4 is 29.2 Å². The minimum absolute atomic E-state index is 0.0924. The van der Waals surface area contributed by atoms with Crippen LogP contribution in [0.3, 0.4) is 0 Å². The molecule has 3 rings (SSSR count). The molecule has 32 heavy (non-hydrogen) atoms. The van der Waals surface area contributed by atoms with Crippen molar-refractivity contribution in [2.75, 3.05) is 23.9 Å². The van der Waals surface area contributed by atoms with Crippen LogP contribution in [0.25, 0.3) is 0 Å². The van der Waals surface area contributed by atoms with Crippen LogP contribution in [0, 0.1) is 5.92 Å². The van der Waals surface area contributed by atoms with Gasteiger partial charge in [-0.05, 0) is 60.7 Å². The number of benzene rings is 2. The number of hydrogen-bond donors (Lipinski definition) is 1. The molecule has 0 bridgehead atoms. The van der Waals surface area contributed by atoms with Crippen molar-refractivity contribution in [2.45, 2.75) is 46.1 Å². The molecule has 7 nitrogen and oxygen atoms in total. The maximum Gasteiger partial charge on any atom is 0.332 e. The molecule has 1 heterocycles. The maximum absolute atomic E-state index is 13.2. The molecular weight excluding hydrogens is 406 g/mol. The molecule has 1 aliphatic rings. The number of urea groups is 1. The second kappa shape index (κ2) is 10.3. The molecule has 1 N–H and O–H groups in total. The molecule has 1 saturated heterocycles. The number of amides is 4. The zero-order valence-corrected chi connectivity index (χ0v) is 19.1. The Morgan fingerprint density at radius 3 is 2.28 bits per heavy atom. The van der Waals surface area contributed by atoms with Gasteiger partial charge in [-0.1, -0.05) is 32.9 Å². The summed E-state index contributed by atoms with van der Waals surface area (Å²) in [7, 11) is 1.55. The van der Waals surface area contributed by atoms with Crippen LogP contribution in [0.4, 0.5) is 16.2 Å². The minimum atomic E-state index is -0.835. The van der Waals surface area contributed by atoms with Crippen molar-refractivity contribution in [1.29, 1.82) is 0 Å². The molecule has 1 fully saturated rings. The first-order valence-corrected chi connectivity index (χ1v) is 11.0. The third-order valence-electron chi connectivity index (χ3n) is 5.62. The topological polar surface area (TPSA) is 79.0 Å². The lowest BCUT2D eigenvalue weighted by Gasteiger charge is -2.22. The second-order valence-corrected chi connectivity index (χ2v) is 8.35. The van der Waals surface area contributed by atoms with Gasteiger partial charge in [0.25, 0.3) is 5.91 Å². The summed E-state index contributed by atoms with van der Waals surface area (Å²) < 4.78 is 5.16. The lowest BCUT2D eigenvalue weighted by atomic mass is 10.1. The average molecular weight is 438 g/mol. The highest BCUT2D eigenvalue weighted by atomic mass is 16.5. The van der Waals surface area contributed by atoms with Crippen molar-refractivity contribution in [3.8, 4) is 5.75 Å². The van der Waals surface area contributed by atoms with Gasteiger partial charge in [-0.15, -0.1) is 0 Å². The first-order chi connectivity index (χ1) is 15.3. The summed E-state index contributed by atoms with van der Waals surface area (Å²) in [6.45, 7) is 6.60. The van der Waals surface area contributed by atoms with E-state index in [1.165, 1.54) is 10.5 Å². The van der Waals surface area contributed by atoms with Crippen LogP contribution < -0.4 is 15.0 Å². The molecule has 170 valence electrons. The summed E-state index contributed by atoms with van der Waals surface area (Å²) >= 11 is 0. The van der Waals surface area contributed by atoms with Crippen molar-refractivity contribution < 1.29 is 19.1 Å². The van der Waals surface area contributed by atoms with Gasteiger partial charge in [0.15, 0.2) is 0 Å². The fourth-order valence-corrected chi connectivity index (χ4v) is 3.67. The predicted octanol–water partition coefficient (Wildman–Crippen LogP) is 4.47. The van der Waals surface area contributed by atoms with Crippen molar-refractivity contribution in [2.24, 2.45) is 5.92 Å². The minimum Gasteiger partial charge on any atom is -0.497 e. The van der Waals surface area contributed by atoms with E-state index in [1.807, 2.05) is 24.3 Å². The molecule has 0 aromatic heterocycles. The van der Waals surface area contributed by atoms with E-state index >= 15 is 0 Å². The Balaban J connectivity index is 1.78. The molecule has 1 aliphatic heterocycles. The van der Waals surface area contributed by atoms with E-state index in [2.05, 4.69) is 26.1 Å². The van der Waals surface area contributed by atoms with Gasteiger partial charge in [0, 0.05) is 12.2 Å². The van der Waals surface area contributed by atoms with Crippen LogP contribution in [-0.4, -0.2) is 42.4 Å². The third-order valence-corrected chi connectivity index (χ3v) is 5.62. The SMILES string of the molecule is CCc1ccc(NC(=O)C[C@H]2C(=O)N(c3ccc(OC)cc3)C(=O)N2CCC(C)C)cc1. The summed E-state index contributed by atoms with van der Waals surface area (Å²) in [5, 5.41) is 2.85. The fourth-order valence-electron chi connectivity index (χ4n) is 3.67. The van der Waals surface area contributed by atoms with Crippen LogP contribution in [-0.2, 0) is 16.0 Å². The van der Waals surface area contributed by atoms with Gasteiger partial charge in [-0.3, -0.25) is 9.59 Å². The van der Waals surface area contributed by atoms with Crippen LogP contribution in [0.5, 0.6) is 5.75 Å². The molecule has 0 spiro atoms. The summed E-state index contributed by atoms with van der Waals surface area (Å²) in [5.74, 6) is 0.306. The van der Waals surface area contributed by atoms with E-state index in [1.54, 1.807) is 31.4 Å². The highest BCUT2D eigenvalue weighted by Gasteiger charge is 2.46. The van der Waals surface area contributed by atoms with Gasteiger partial charge < -0.3 is 15.0 Å². The predicted molar refractivity (Wildman–Crippen MR) is 125 cm³/mol. The Morgan fingerprint density at radius 2 is 1.72 bits per heavy atom. The molecule has 0 unspecified atom stereocenters. The third kappa shape index (κ3) is 5.28. The van der Waals surface area contributed by atoms with Gasteiger partial charge in [0.05, 0.1) is 19.2 Å². The number of carbonyl (C=O) groups excluding carboxylic acids is 3. The summed E-state index contributed by atoms with van der Waals surface area (Å²) in [5.41, 5.74) is 2.31. The largest absolute Gasteiger partial charge is 0.497 e. The Kier molecular flexibility index (Phi) is 7.51. The molecule has 0 saturated carbocycles. The molecule has 2 aromatic rings. The number of imide groups is 1. The normalized spacial score (nSPS) is 16.1. The summed E-state index contributed by atoms with van der Waals surface area (Å²) in [6, 6.07) is 13.1. The Hall–Kier alpha value is -3.35. The lowest BCUT2D eigenvalue weighted by Crippen LogP contribution is -2.39. The molecule has 7 heteroatoms. The first-order valence-electron chi connectivity index (χ1n) is 11.0. The first kappa shape index (κ1) is 23.3. The Labute approximate surface area is 189 Å². The average Bonchev–Trinajstić information content (AvgIpc) is 3.01. The zero-order valence-electron chi connectivity index (χ0n) is 19.1. The zero-order chi connectivity index (χ0) is 23.3. The second-order valence-electron chi connectivity index (χ2n) is 8.35. The standard InChI is InChI=1S/C25H31N3O4/c1-5-18-6-8-19(9-7-18)26-23(29)16-22-24(30)28(20-10-12-21(32-4)13-11-20)25(31)27(22)15-14-17(2)3/h6-13,17,22H,5,14-16H2,1-4H3,(H,26,29)/t22-/m0/s1. The van der Waals surface area contributed by atoms with Gasteiger partial charge in [-0.2, -0.15) is 0 Å². The number of nitrogens with one attached hydrogen (secondary N) is 1. The Bertz CT molecular complexity index is 954. The highest BCUT2D eigenvalue weighted by Crippen LogP contribution is 2.29. The number of anilines is 2. The van der Waals surface area contributed by atoms with Gasteiger partial charge >= 0.3 is 6.03 Å². The molecule has 0 radical (unpaired) electrons. The van der Waals surface area contributed by atoms with E-state index in [0.29, 0.717) is 29.6 Å². The van der Waals surface area contributed by atoms with E-state index in [0.717, 1.165) is 17.7 Å². The van der Waals surface area contributed by atoms with E-state index < -0.39 is 12.1 Å². The fraction of sp³-hybridized carbons (Fsp3) is 0.400. The number of hydrogen-bond acceptors (Lipinski definition) is 4. The Morgan fingerprint density at radius 1 is 1.06 bits per heavy atom. The monoisotopic (exact) mass is 437 g/mol. The molecule has 2 aromatic carbocycles. The quantitative estimate of drug-likeness (QED) is 0.587. The molecule has 1 atom stereocenters. The smallest absolute Gasteiger partial charge is 0.332 e. The molecule has 0 aliphatic carbocycles. The van der Waals surface area contributed by atoms with Gasteiger partial charge in [-0.25, -0.2) is 9.69 Å². The number of carbonyl (C=O) groups is 3. The van der Waals surface area contributed by atoms with E-state index in [4.69, 9.17) is 4.74 Å². The number of rotatable bonds is 9. The maximum atomic E-state index is 13.2. The number of aryl methyl sites for hydroxylation is 1. The molecular formula is C25H31N3O4. The van der Waals surface area contributed by atoms with Gasteiger partial charge in [0.2, 0.25) is 5.91 Å². The number of methoxy groups -OCH3 is 1. The summed E-state index contributed by atoms with van der Waals surface area (Å²) in [6.07, 6.45) is 1.57. The number of nitrogens with zero attached hydrogens (tertiary/aromatic N) is 2. The van der Waals surface area contributed by atoms with Crippen LogP contribution >= 0.6 is 0 Å². The van der Waals surface area contributed by atoms with Crippen molar-refractivity contribution in [3.05, 3.63) is 54.1 Å². The lowest BCUT2D eigenvalue weighted by molar-refractivity contribution is -0.124. The van der Waals surface area contributed by atoms with E-state index in [-0.39, 0.29) is 18.2 Å². The number of ether oxygens (including phenoxy) is 1. The van der Waals surface area contributed by atoms with Crippen LogP contribution in [0.15, 0.2) is 48.5 Å². The van der Waals surface area contributed by atoms with E-state index in [9.17, 15) is 14.4 Å². The van der Waals surface area contributed by atoms with Crippen molar-refractivity contribution in [1.82, 2.24) is 4.90 Å². The van der Waals surface area contributed by atoms with Crippen molar-refractivity contribution in [3.63, 3.8) is 0 Å². The highest BCUT2D eigenvalue weighted by molar-refractivity contribution is 6.22. The van der Waals surface area contributed by atoms with Crippen LogP contribution in [0.1, 0.15) is 39.2 Å².